The summed E-state index contributed by atoms with van der Waals surface area (Å²) in [7, 11) is 1.98. The maximum Gasteiger partial charge on any atom is 0.316 e. The van der Waals surface area contributed by atoms with Crippen molar-refractivity contribution in [3.63, 3.8) is 0 Å². The third-order valence-corrected chi connectivity index (χ3v) is 4.11. The van der Waals surface area contributed by atoms with Gasteiger partial charge in [-0.05, 0) is 25.1 Å². The molecule has 0 amide bonds. The van der Waals surface area contributed by atoms with Crippen LogP contribution in [-0.2, 0) is 16.6 Å². The summed E-state index contributed by atoms with van der Waals surface area (Å²) in [6.45, 7) is 2.15. The Morgan fingerprint density at radius 2 is 2.17 bits per heavy atom. The van der Waals surface area contributed by atoms with Crippen LogP contribution < -0.4 is 0 Å². The number of carbonyl (C=O) groups is 1. The largest absolute Gasteiger partial charge is 0.465 e. The van der Waals surface area contributed by atoms with E-state index in [2.05, 4.69) is 15.1 Å². The molecule has 0 unspecified atom stereocenters. The van der Waals surface area contributed by atoms with Crippen LogP contribution in [0.1, 0.15) is 6.92 Å². The van der Waals surface area contributed by atoms with E-state index in [4.69, 9.17) is 4.74 Å². The predicted octanol–water partition coefficient (Wildman–Crippen LogP) is 2.32. The molecule has 3 rings (SSSR count). The van der Waals surface area contributed by atoms with Gasteiger partial charge in [0.1, 0.15) is 5.69 Å². The van der Waals surface area contributed by atoms with E-state index in [1.54, 1.807) is 23.9 Å². The molecule has 0 aliphatic carbocycles. The van der Waals surface area contributed by atoms with Crippen molar-refractivity contribution in [3.8, 4) is 17.2 Å². The first-order valence-electron chi connectivity index (χ1n) is 7.46. The fraction of sp³-hybridized carbons (Fsp3) is 0.250. The topological polar surface area (TPSA) is 74.8 Å². The highest BCUT2D eigenvalue weighted by atomic mass is 32.2. The summed E-state index contributed by atoms with van der Waals surface area (Å²) in [4.78, 5) is 20.0. The minimum Gasteiger partial charge on any atom is -0.465 e. The maximum absolute atomic E-state index is 11.4. The first-order valence-corrected chi connectivity index (χ1v) is 8.45. The van der Waals surface area contributed by atoms with Crippen molar-refractivity contribution in [1.82, 2.24) is 24.3 Å². The Balaban J connectivity index is 1.76. The Hall–Kier alpha value is -2.61. The second kappa shape index (κ2) is 7.31. The van der Waals surface area contributed by atoms with Gasteiger partial charge in [-0.3, -0.25) is 4.79 Å². The van der Waals surface area contributed by atoms with Gasteiger partial charge in [0.2, 0.25) is 0 Å². The molecule has 0 aliphatic heterocycles. The van der Waals surface area contributed by atoms with E-state index < -0.39 is 0 Å². The van der Waals surface area contributed by atoms with Crippen LogP contribution in [0.5, 0.6) is 0 Å². The Bertz CT molecular complexity index is 842. The molecule has 0 N–H and O–H groups in total. The number of ether oxygens (including phenoxy) is 1. The number of aromatic nitrogens is 5. The molecule has 0 bridgehead atoms. The van der Waals surface area contributed by atoms with Gasteiger partial charge in [0, 0.05) is 31.7 Å². The summed E-state index contributed by atoms with van der Waals surface area (Å²) in [6, 6.07) is 7.69. The van der Waals surface area contributed by atoms with Gasteiger partial charge in [-0.25, -0.2) is 14.6 Å². The van der Waals surface area contributed by atoms with Crippen LogP contribution in [0.2, 0.25) is 0 Å². The van der Waals surface area contributed by atoms with E-state index in [1.807, 2.05) is 42.2 Å². The van der Waals surface area contributed by atoms with E-state index in [-0.39, 0.29) is 11.7 Å². The molecule has 24 heavy (non-hydrogen) atoms. The molecule has 8 heteroatoms. The summed E-state index contributed by atoms with van der Waals surface area (Å²) in [6.07, 6.45) is 5.48. The molecule has 0 fully saturated rings. The Labute approximate surface area is 143 Å². The molecule has 0 spiro atoms. The van der Waals surface area contributed by atoms with E-state index >= 15 is 0 Å². The molecule has 0 saturated carbocycles. The average Bonchev–Trinajstić information content (AvgIpc) is 3.22. The van der Waals surface area contributed by atoms with E-state index in [9.17, 15) is 4.79 Å². The smallest absolute Gasteiger partial charge is 0.316 e. The normalized spacial score (nSPS) is 10.8. The highest BCUT2D eigenvalue weighted by Crippen LogP contribution is 2.19. The second-order valence-electron chi connectivity index (χ2n) is 4.94. The molecule has 0 saturated heterocycles. The standard InChI is InChI=1S/C16H17N5O2S/c1-3-23-15(22)11-24-16-17-8-6-14(18-16)21-10-7-12(19-21)13-5-4-9-20(13)2/h4-10H,3,11H2,1-2H3. The maximum atomic E-state index is 11.4. The number of esters is 1. The van der Waals surface area contributed by atoms with Crippen LogP contribution in [0.15, 0.2) is 48.0 Å². The van der Waals surface area contributed by atoms with Crippen LogP contribution in [0.3, 0.4) is 0 Å². The lowest BCUT2D eigenvalue weighted by Crippen LogP contribution is -2.07. The number of nitrogens with zero attached hydrogens (tertiary/aromatic N) is 5. The number of hydrogen-bond acceptors (Lipinski definition) is 6. The predicted molar refractivity (Wildman–Crippen MR) is 90.9 cm³/mol. The first kappa shape index (κ1) is 16.3. The van der Waals surface area contributed by atoms with Crippen LogP contribution in [0, 0.1) is 0 Å². The summed E-state index contributed by atoms with van der Waals surface area (Å²) >= 11 is 1.24. The highest BCUT2D eigenvalue weighted by Gasteiger charge is 2.09. The zero-order chi connectivity index (χ0) is 16.9. The Morgan fingerprint density at radius 1 is 1.29 bits per heavy atom. The molecule has 3 aromatic heterocycles. The summed E-state index contributed by atoms with van der Waals surface area (Å²) in [5, 5.41) is 5.06. The van der Waals surface area contributed by atoms with Crippen LogP contribution in [-0.4, -0.2) is 42.6 Å². The zero-order valence-electron chi connectivity index (χ0n) is 13.4. The molecular weight excluding hydrogens is 326 g/mol. The van der Waals surface area contributed by atoms with Gasteiger partial charge in [-0.2, -0.15) is 5.10 Å². The van der Waals surface area contributed by atoms with Crippen LogP contribution in [0.25, 0.3) is 17.2 Å². The van der Waals surface area contributed by atoms with Crippen molar-refractivity contribution in [3.05, 3.63) is 42.9 Å². The molecule has 0 radical (unpaired) electrons. The van der Waals surface area contributed by atoms with Gasteiger partial charge >= 0.3 is 5.97 Å². The highest BCUT2D eigenvalue weighted by molar-refractivity contribution is 7.99. The quantitative estimate of drug-likeness (QED) is 0.388. The summed E-state index contributed by atoms with van der Waals surface area (Å²) < 4.78 is 8.60. The lowest BCUT2D eigenvalue weighted by molar-refractivity contribution is -0.139. The van der Waals surface area contributed by atoms with Crippen molar-refractivity contribution in [2.75, 3.05) is 12.4 Å². The fourth-order valence-electron chi connectivity index (χ4n) is 2.17. The van der Waals surface area contributed by atoms with Crippen LogP contribution in [0.4, 0.5) is 0 Å². The molecule has 3 aromatic rings. The lowest BCUT2D eigenvalue weighted by Gasteiger charge is -2.04. The molecule has 124 valence electrons. The molecule has 7 nitrogen and oxygen atoms in total. The molecule has 3 heterocycles. The third kappa shape index (κ3) is 3.65. The average molecular weight is 343 g/mol. The van der Waals surface area contributed by atoms with Gasteiger partial charge in [-0.1, -0.05) is 11.8 Å². The van der Waals surface area contributed by atoms with Crippen molar-refractivity contribution < 1.29 is 9.53 Å². The van der Waals surface area contributed by atoms with Gasteiger partial charge in [0.05, 0.1) is 18.1 Å². The monoisotopic (exact) mass is 343 g/mol. The summed E-state index contributed by atoms with van der Waals surface area (Å²) in [5.74, 6) is 0.559. The van der Waals surface area contributed by atoms with Crippen molar-refractivity contribution in [2.45, 2.75) is 12.1 Å². The van der Waals surface area contributed by atoms with E-state index in [0.717, 1.165) is 11.4 Å². The van der Waals surface area contributed by atoms with Gasteiger partial charge in [-0.15, -0.1) is 0 Å². The Morgan fingerprint density at radius 3 is 2.92 bits per heavy atom. The second-order valence-corrected chi connectivity index (χ2v) is 5.88. The molecule has 0 atom stereocenters. The number of rotatable bonds is 6. The van der Waals surface area contributed by atoms with Gasteiger partial charge in [0.15, 0.2) is 11.0 Å². The third-order valence-electron chi connectivity index (χ3n) is 3.27. The molecular formula is C16H17N5O2S. The minimum absolute atomic E-state index is 0.186. The van der Waals surface area contributed by atoms with Gasteiger partial charge < -0.3 is 9.30 Å². The SMILES string of the molecule is CCOC(=O)CSc1nccc(-n2ccc(-c3cccn3C)n2)n1. The van der Waals surface area contributed by atoms with Gasteiger partial charge in [0.25, 0.3) is 0 Å². The fourth-order valence-corrected chi connectivity index (χ4v) is 2.79. The van der Waals surface area contributed by atoms with Crippen molar-refractivity contribution >= 4 is 17.7 Å². The number of carbonyl (C=O) groups excluding carboxylic acids is 1. The zero-order valence-corrected chi connectivity index (χ0v) is 14.2. The minimum atomic E-state index is -0.276. The number of thioether (sulfide) groups is 1. The first-order chi connectivity index (χ1) is 11.7. The van der Waals surface area contributed by atoms with E-state index in [0.29, 0.717) is 17.6 Å². The number of aryl methyl sites for hydroxylation is 1. The lowest BCUT2D eigenvalue weighted by atomic mass is 10.3. The summed E-state index contributed by atoms with van der Waals surface area (Å²) in [5.41, 5.74) is 1.89. The van der Waals surface area contributed by atoms with Crippen LogP contribution >= 0.6 is 11.8 Å². The number of hydrogen-bond donors (Lipinski definition) is 0. The molecule has 0 aromatic carbocycles. The van der Waals surface area contributed by atoms with E-state index in [1.165, 1.54) is 11.8 Å². The van der Waals surface area contributed by atoms with Crippen molar-refractivity contribution in [2.24, 2.45) is 7.05 Å². The molecule has 0 aliphatic rings. The Kier molecular flexibility index (Phi) is 4.95. The van der Waals surface area contributed by atoms with Crippen molar-refractivity contribution in [1.29, 1.82) is 0 Å².